The number of carbonyl (C=O) groups is 1. The van der Waals surface area contributed by atoms with Gasteiger partial charge in [-0.3, -0.25) is 9.69 Å². The first-order valence-electron chi connectivity index (χ1n) is 8.09. The predicted molar refractivity (Wildman–Crippen MR) is 73.8 cm³/mol. The summed E-state index contributed by atoms with van der Waals surface area (Å²) in [6.45, 7) is 5.35. The molecule has 4 fully saturated rings. The predicted octanol–water partition coefficient (Wildman–Crippen LogP) is 0.681. The van der Waals surface area contributed by atoms with Crippen molar-refractivity contribution in [2.45, 2.75) is 44.2 Å². The lowest BCUT2D eigenvalue weighted by molar-refractivity contribution is -0.136. The van der Waals surface area contributed by atoms with E-state index in [9.17, 15) is 4.79 Å². The van der Waals surface area contributed by atoms with Crippen LogP contribution in [0.5, 0.6) is 0 Å². The van der Waals surface area contributed by atoms with Crippen LogP contribution in [0.2, 0.25) is 0 Å². The third kappa shape index (κ3) is 2.00. The van der Waals surface area contributed by atoms with Gasteiger partial charge in [0.25, 0.3) is 0 Å². The molecule has 4 heteroatoms. The Morgan fingerprint density at radius 1 is 1.05 bits per heavy atom. The molecule has 0 bridgehead atoms. The molecule has 106 valence electrons. The first kappa shape index (κ1) is 12.2. The number of hydrogen-bond acceptors (Lipinski definition) is 3. The van der Waals surface area contributed by atoms with Crippen LogP contribution < -0.4 is 5.32 Å². The second-order valence-corrected chi connectivity index (χ2v) is 6.86. The van der Waals surface area contributed by atoms with Gasteiger partial charge in [0.1, 0.15) is 0 Å². The van der Waals surface area contributed by atoms with E-state index >= 15 is 0 Å². The quantitative estimate of drug-likeness (QED) is 0.756. The van der Waals surface area contributed by atoms with Crippen LogP contribution in [0.1, 0.15) is 32.1 Å². The molecule has 19 heavy (non-hydrogen) atoms. The molecule has 1 amide bonds. The highest BCUT2D eigenvalue weighted by atomic mass is 16.2. The molecule has 0 spiro atoms. The Bertz CT molecular complexity index is 372. The lowest BCUT2D eigenvalue weighted by atomic mass is 9.93. The number of hydrogen-bond donors (Lipinski definition) is 1. The Labute approximate surface area is 115 Å². The van der Waals surface area contributed by atoms with Crippen molar-refractivity contribution in [2.24, 2.45) is 11.8 Å². The number of carbonyl (C=O) groups excluding carboxylic acids is 1. The van der Waals surface area contributed by atoms with Crippen molar-refractivity contribution in [3.05, 3.63) is 0 Å². The van der Waals surface area contributed by atoms with Crippen LogP contribution in [0.25, 0.3) is 0 Å². The molecule has 0 aromatic heterocycles. The summed E-state index contributed by atoms with van der Waals surface area (Å²) in [5, 5.41) is 3.51. The molecule has 1 aliphatic carbocycles. The van der Waals surface area contributed by atoms with E-state index in [1.54, 1.807) is 0 Å². The van der Waals surface area contributed by atoms with Gasteiger partial charge in [-0.25, -0.2) is 0 Å². The van der Waals surface area contributed by atoms with Gasteiger partial charge in [-0.15, -0.1) is 0 Å². The van der Waals surface area contributed by atoms with E-state index in [1.807, 2.05) is 0 Å². The Balaban J connectivity index is 1.43. The summed E-state index contributed by atoms with van der Waals surface area (Å²) in [5.74, 6) is 1.82. The summed E-state index contributed by atoms with van der Waals surface area (Å²) in [6, 6.07) is 0.791. The molecule has 3 aliphatic heterocycles. The first-order valence-corrected chi connectivity index (χ1v) is 8.09. The number of nitrogens with zero attached hydrogens (tertiary/aromatic N) is 2. The highest BCUT2D eigenvalue weighted by Crippen LogP contribution is 2.38. The lowest BCUT2D eigenvalue weighted by Gasteiger charge is -2.39. The molecule has 4 unspecified atom stereocenters. The molecule has 0 radical (unpaired) electrons. The highest BCUT2D eigenvalue weighted by Gasteiger charge is 2.45. The number of rotatable bonds is 1. The average Bonchev–Trinajstić information content (AvgIpc) is 3.12. The van der Waals surface area contributed by atoms with Crippen LogP contribution in [0.4, 0.5) is 0 Å². The summed E-state index contributed by atoms with van der Waals surface area (Å²) < 4.78 is 0. The Kier molecular flexibility index (Phi) is 3.03. The normalized spacial score (nSPS) is 42.4. The Morgan fingerprint density at radius 2 is 2.00 bits per heavy atom. The SMILES string of the molecule is O=C(C1NCC2CCCC21)N1CCN2CCCC2C1. The number of nitrogens with one attached hydrogen (secondary N) is 1. The zero-order valence-electron chi connectivity index (χ0n) is 11.7. The van der Waals surface area contributed by atoms with Crippen molar-refractivity contribution in [3.63, 3.8) is 0 Å². The number of fused-ring (bicyclic) bond motifs is 2. The maximum absolute atomic E-state index is 12.8. The first-order chi connectivity index (χ1) is 9.33. The number of amides is 1. The van der Waals surface area contributed by atoms with Crippen LogP contribution >= 0.6 is 0 Å². The third-order valence-electron chi connectivity index (χ3n) is 5.91. The van der Waals surface area contributed by atoms with Gasteiger partial charge in [-0.2, -0.15) is 0 Å². The van der Waals surface area contributed by atoms with Gasteiger partial charge in [-0.05, 0) is 50.6 Å². The molecule has 1 N–H and O–H groups in total. The lowest BCUT2D eigenvalue weighted by Crippen LogP contribution is -2.56. The van der Waals surface area contributed by atoms with Crippen LogP contribution in [-0.4, -0.2) is 60.5 Å². The second kappa shape index (κ2) is 4.74. The molecule has 4 aliphatic rings. The second-order valence-electron chi connectivity index (χ2n) is 6.86. The van der Waals surface area contributed by atoms with Crippen molar-refractivity contribution >= 4 is 5.91 Å². The van der Waals surface area contributed by atoms with Crippen LogP contribution in [0.3, 0.4) is 0 Å². The monoisotopic (exact) mass is 263 g/mol. The summed E-state index contributed by atoms with van der Waals surface area (Å²) in [7, 11) is 0. The zero-order chi connectivity index (χ0) is 12.8. The number of piperazine rings is 1. The Morgan fingerprint density at radius 3 is 2.95 bits per heavy atom. The van der Waals surface area contributed by atoms with Crippen LogP contribution in [0.15, 0.2) is 0 Å². The maximum atomic E-state index is 12.8. The summed E-state index contributed by atoms with van der Waals surface area (Å²) in [5.41, 5.74) is 0. The van der Waals surface area contributed by atoms with Crippen molar-refractivity contribution in [3.8, 4) is 0 Å². The van der Waals surface area contributed by atoms with Gasteiger partial charge in [0, 0.05) is 25.7 Å². The summed E-state index contributed by atoms with van der Waals surface area (Å²) >= 11 is 0. The molecule has 1 saturated carbocycles. The molecule has 4 nitrogen and oxygen atoms in total. The van der Waals surface area contributed by atoms with Crippen molar-refractivity contribution in [2.75, 3.05) is 32.7 Å². The van der Waals surface area contributed by atoms with Crippen molar-refractivity contribution in [1.29, 1.82) is 0 Å². The third-order valence-corrected chi connectivity index (χ3v) is 5.91. The average molecular weight is 263 g/mol. The van der Waals surface area contributed by atoms with E-state index in [0.717, 1.165) is 32.1 Å². The summed E-state index contributed by atoms with van der Waals surface area (Å²) in [6.07, 6.45) is 6.53. The van der Waals surface area contributed by atoms with Gasteiger partial charge in [0.05, 0.1) is 6.04 Å². The largest absolute Gasteiger partial charge is 0.338 e. The minimum absolute atomic E-state index is 0.139. The molecule has 3 saturated heterocycles. The van der Waals surface area contributed by atoms with Gasteiger partial charge in [-0.1, -0.05) is 6.42 Å². The Hall–Kier alpha value is -0.610. The minimum Gasteiger partial charge on any atom is -0.338 e. The van der Waals surface area contributed by atoms with E-state index < -0.39 is 0 Å². The van der Waals surface area contributed by atoms with Crippen molar-refractivity contribution < 1.29 is 4.79 Å². The van der Waals surface area contributed by atoms with E-state index in [1.165, 1.54) is 38.6 Å². The molecule has 3 heterocycles. The molecular formula is C15H25N3O. The summed E-state index contributed by atoms with van der Waals surface area (Å²) in [4.78, 5) is 17.5. The molecule has 0 aromatic carbocycles. The fraction of sp³-hybridized carbons (Fsp3) is 0.933. The molecular weight excluding hydrogens is 238 g/mol. The van der Waals surface area contributed by atoms with Crippen LogP contribution in [0, 0.1) is 11.8 Å². The van der Waals surface area contributed by atoms with Gasteiger partial charge >= 0.3 is 0 Å². The van der Waals surface area contributed by atoms with E-state index in [-0.39, 0.29) is 6.04 Å². The molecule has 4 atom stereocenters. The maximum Gasteiger partial charge on any atom is 0.240 e. The standard InChI is InChI=1S/C15H25N3O/c19-15(14-13-5-1-3-11(13)9-16-14)18-8-7-17-6-2-4-12(17)10-18/h11-14,16H,1-10H2. The highest BCUT2D eigenvalue weighted by molar-refractivity contribution is 5.83. The van der Waals surface area contributed by atoms with E-state index in [2.05, 4.69) is 15.1 Å². The van der Waals surface area contributed by atoms with Crippen LogP contribution in [-0.2, 0) is 4.79 Å². The van der Waals surface area contributed by atoms with Gasteiger partial charge in [0.2, 0.25) is 5.91 Å². The van der Waals surface area contributed by atoms with Gasteiger partial charge in [0.15, 0.2) is 0 Å². The molecule has 0 aromatic rings. The van der Waals surface area contributed by atoms with Gasteiger partial charge < -0.3 is 10.2 Å². The zero-order valence-corrected chi connectivity index (χ0v) is 11.7. The topological polar surface area (TPSA) is 35.6 Å². The molecule has 4 rings (SSSR count). The van der Waals surface area contributed by atoms with E-state index in [4.69, 9.17) is 0 Å². The fourth-order valence-electron chi connectivity index (χ4n) is 4.85. The fourth-order valence-corrected chi connectivity index (χ4v) is 4.85. The van der Waals surface area contributed by atoms with E-state index in [0.29, 0.717) is 17.9 Å². The minimum atomic E-state index is 0.139. The smallest absolute Gasteiger partial charge is 0.240 e. The van der Waals surface area contributed by atoms with Crippen molar-refractivity contribution in [1.82, 2.24) is 15.1 Å².